The smallest absolute Gasteiger partial charge is 0.338 e. The third-order valence-corrected chi connectivity index (χ3v) is 7.47. The Morgan fingerprint density at radius 2 is 1.76 bits per heavy atom. The number of amides is 1. The van der Waals surface area contributed by atoms with Gasteiger partial charge in [0.1, 0.15) is 11.4 Å². The lowest BCUT2D eigenvalue weighted by molar-refractivity contribution is 0.0504. The largest absolute Gasteiger partial charge is 0.462 e. The minimum absolute atomic E-state index is 0.0778. The summed E-state index contributed by atoms with van der Waals surface area (Å²) in [6.07, 6.45) is 4.69. The molecule has 2 heterocycles. The Balaban J connectivity index is 1.60. The summed E-state index contributed by atoms with van der Waals surface area (Å²) in [7, 11) is 0. The number of esters is 1. The van der Waals surface area contributed by atoms with Crippen molar-refractivity contribution in [2.75, 3.05) is 11.9 Å². The summed E-state index contributed by atoms with van der Waals surface area (Å²) in [6.45, 7) is 10.8. The Hall–Kier alpha value is -3.61. The molecule has 196 valence electrons. The molecule has 1 unspecified atom stereocenters. The molecular formula is C30H38N4O3. The van der Waals surface area contributed by atoms with Crippen molar-refractivity contribution < 1.29 is 14.3 Å². The zero-order valence-corrected chi connectivity index (χ0v) is 22.5. The third kappa shape index (κ3) is 5.26. The van der Waals surface area contributed by atoms with Gasteiger partial charge in [0.15, 0.2) is 0 Å². The maximum atomic E-state index is 13.8. The van der Waals surface area contributed by atoms with Crippen LogP contribution < -0.4 is 10.6 Å². The van der Waals surface area contributed by atoms with Crippen LogP contribution in [0.2, 0.25) is 0 Å². The first-order valence-corrected chi connectivity index (χ1v) is 13.2. The molecule has 7 heteroatoms. The van der Waals surface area contributed by atoms with Gasteiger partial charge >= 0.3 is 5.97 Å². The Morgan fingerprint density at radius 3 is 2.38 bits per heavy atom. The molecule has 0 saturated carbocycles. The third-order valence-electron chi connectivity index (χ3n) is 7.47. The molecule has 0 spiro atoms. The summed E-state index contributed by atoms with van der Waals surface area (Å²) < 4.78 is 7.18. The number of anilines is 1. The van der Waals surface area contributed by atoms with Gasteiger partial charge in [-0.05, 0) is 62.8 Å². The fourth-order valence-corrected chi connectivity index (χ4v) is 5.20. The molecule has 1 amide bonds. The van der Waals surface area contributed by atoms with Crippen LogP contribution in [0.1, 0.15) is 98.2 Å². The molecular weight excluding hydrogens is 464 g/mol. The van der Waals surface area contributed by atoms with Gasteiger partial charge in [0.2, 0.25) is 0 Å². The van der Waals surface area contributed by atoms with Crippen molar-refractivity contribution in [1.82, 2.24) is 15.1 Å². The zero-order valence-electron chi connectivity index (χ0n) is 22.5. The maximum Gasteiger partial charge on any atom is 0.338 e. The molecule has 37 heavy (non-hydrogen) atoms. The first-order valence-electron chi connectivity index (χ1n) is 13.2. The van der Waals surface area contributed by atoms with E-state index in [1.165, 1.54) is 5.56 Å². The van der Waals surface area contributed by atoms with Crippen LogP contribution in [0.3, 0.4) is 0 Å². The first kappa shape index (κ1) is 26.5. The van der Waals surface area contributed by atoms with E-state index in [1.807, 2.05) is 41.9 Å². The van der Waals surface area contributed by atoms with Crippen LogP contribution in [0.5, 0.6) is 0 Å². The van der Waals surface area contributed by atoms with Gasteiger partial charge in [-0.1, -0.05) is 63.2 Å². The number of fused-ring (bicyclic) bond motifs is 1. The van der Waals surface area contributed by atoms with E-state index < -0.39 is 5.54 Å². The highest BCUT2D eigenvalue weighted by Crippen LogP contribution is 2.40. The highest BCUT2D eigenvalue weighted by atomic mass is 16.5. The van der Waals surface area contributed by atoms with Crippen LogP contribution in [0.25, 0.3) is 0 Å². The Morgan fingerprint density at radius 1 is 1.08 bits per heavy atom. The van der Waals surface area contributed by atoms with Gasteiger partial charge in [-0.2, -0.15) is 5.10 Å². The number of nitrogens with one attached hydrogen (secondary N) is 2. The summed E-state index contributed by atoms with van der Waals surface area (Å²) in [5.74, 6) is 0.232. The van der Waals surface area contributed by atoms with Crippen molar-refractivity contribution in [3.63, 3.8) is 0 Å². The highest BCUT2D eigenvalue weighted by molar-refractivity contribution is 5.99. The second kappa shape index (κ2) is 10.8. The Bertz CT molecular complexity index is 1230. The van der Waals surface area contributed by atoms with Crippen LogP contribution in [0, 0.1) is 0 Å². The van der Waals surface area contributed by atoms with Gasteiger partial charge in [-0.15, -0.1) is 0 Å². The number of nitrogens with zero attached hydrogens (tertiary/aromatic N) is 2. The SMILES string of the molecule is CCCOC(=O)c1ccc(C(CC)(CC)NC(=O)c2cnn3c2NC(c2ccccc2)CC3(C)C)cc1. The van der Waals surface area contributed by atoms with E-state index in [0.717, 1.165) is 24.2 Å². The van der Waals surface area contributed by atoms with E-state index >= 15 is 0 Å². The van der Waals surface area contributed by atoms with Crippen LogP contribution in [-0.2, 0) is 15.8 Å². The van der Waals surface area contributed by atoms with E-state index in [4.69, 9.17) is 4.74 Å². The molecule has 2 N–H and O–H groups in total. The predicted molar refractivity (Wildman–Crippen MR) is 146 cm³/mol. The van der Waals surface area contributed by atoms with Crippen LogP contribution in [-0.4, -0.2) is 28.3 Å². The van der Waals surface area contributed by atoms with Gasteiger partial charge in [0.05, 0.1) is 35.5 Å². The van der Waals surface area contributed by atoms with Crippen LogP contribution in [0.4, 0.5) is 5.82 Å². The highest BCUT2D eigenvalue weighted by Gasteiger charge is 2.38. The van der Waals surface area contributed by atoms with Crippen molar-refractivity contribution >= 4 is 17.7 Å². The standard InChI is InChI=1S/C30H38N4O3/c1-6-18-37-28(36)22-14-16-23(17-15-22)30(7-2,8-3)33-27(35)24-20-31-34-26(24)32-25(19-29(34,4)5)21-12-10-9-11-13-21/h9-17,20,25,32H,6-8,18-19H2,1-5H3,(H,33,35). The van der Waals surface area contributed by atoms with Crippen molar-refractivity contribution in [1.29, 1.82) is 0 Å². The Labute approximate surface area is 219 Å². The second-order valence-electron chi connectivity index (χ2n) is 10.4. The molecule has 1 aliphatic heterocycles. The van der Waals surface area contributed by atoms with Crippen molar-refractivity contribution in [2.24, 2.45) is 0 Å². The lowest BCUT2D eigenvalue weighted by atomic mass is 9.84. The quantitative estimate of drug-likeness (QED) is 0.341. The number of ether oxygens (including phenoxy) is 1. The molecule has 7 nitrogen and oxygen atoms in total. The minimum atomic E-state index is -0.583. The van der Waals surface area contributed by atoms with Gasteiger partial charge in [0.25, 0.3) is 5.91 Å². The number of benzene rings is 2. The summed E-state index contributed by atoms with van der Waals surface area (Å²) in [6, 6.07) is 17.8. The molecule has 2 aromatic carbocycles. The minimum Gasteiger partial charge on any atom is -0.462 e. The Kier molecular flexibility index (Phi) is 7.71. The lowest BCUT2D eigenvalue weighted by Gasteiger charge is -2.38. The zero-order chi connectivity index (χ0) is 26.6. The van der Waals surface area contributed by atoms with E-state index in [2.05, 4.69) is 55.6 Å². The number of carbonyl (C=O) groups is 2. The van der Waals surface area contributed by atoms with Crippen molar-refractivity contribution in [2.45, 2.75) is 77.4 Å². The normalized spacial score (nSPS) is 16.4. The first-order chi connectivity index (χ1) is 17.7. The fraction of sp³-hybridized carbons (Fsp3) is 0.433. The van der Waals surface area contributed by atoms with Gasteiger partial charge in [0, 0.05) is 0 Å². The summed E-state index contributed by atoms with van der Waals surface area (Å²) >= 11 is 0. The number of hydrogen-bond donors (Lipinski definition) is 2. The second-order valence-corrected chi connectivity index (χ2v) is 10.4. The molecule has 1 atom stereocenters. The van der Waals surface area contributed by atoms with Gasteiger partial charge in [-0.25, -0.2) is 9.48 Å². The topological polar surface area (TPSA) is 85.2 Å². The number of carbonyl (C=O) groups excluding carboxylic acids is 2. The van der Waals surface area contributed by atoms with Crippen molar-refractivity contribution in [3.8, 4) is 0 Å². The summed E-state index contributed by atoms with van der Waals surface area (Å²) in [5.41, 5.74) is 2.33. The molecule has 1 aromatic heterocycles. The number of hydrogen-bond acceptors (Lipinski definition) is 5. The van der Waals surface area contributed by atoms with E-state index in [-0.39, 0.29) is 23.5 Å². The lowest BCUT2D eigenvalue weighted by Crippen LogP contribution is -2.45. The molecule has 1 aliphatic rings. The van der Waals surface area contributed by atoms with Crippen molar-refractivity contribution in [3.05, 3.63) is 83.0 Å². The molecule has 0 fully saturated rings. The van der Waals surface area contributed by atoms with Crippen LogP contribution >= 0.6 is 0 Å². The van der Waals surface area contributed by atoms with E-state index in [9.17, 15) is 9.59 Å². The summed E-state index contributed by atoms with van der Waals surface area (Å²) in [5, 5.41) is 11.5. The molecule has 4 rings (SSSR count). The van der Waals surface area contributed by atoms with Crippen LogP contribution in [0.15, 0.2) is 60.8 Å². The molecule has 0 aliphatic carbocycles. The average molecular weight is 503 g/mol. The average Bonchev–Trinajstić information content (AvgIpc) is 3.36. The van der Waals surface area contributed by atoms with Gasteiger partial charge in [-0.3, -0.25) is 4.79 Å². The molecule has 0 radical (unpaired) electrons. The maximum absolute atomic E-state index is 13.8. The summed E-state index contributed by atoms with van der Waals surface area (Å²) in [4.78, 5) is 26.0. The molecule has 3 aromatic rings. The van der Waals surface area contributed by atoms with E-state index in [0.29, 0.717) is 30.6 Å². The van der Waals surface area contributed by atoms with E-state index in [1.54, 1.807) is 18.3 Å². The predicted octanol–water partition coefficient (Wildman–Crippen LogP) is 6.19. The monoisotopic (exact) mass is 502 g/mol. The number of rotatable bonds is 9. The molecule has 0 bridgehead atoms. The number of aromatic nitrogens is 2. The fourth-order valence-electron chi connectivity index (χ4n) is 5.20. The molecule has 0 saturated heterocycles. The van der Waals surface area contributed by atoms with Gasteiger partial charge < -0.3 is 15.4 Å².